The Morgan fingerprint density at radius 2 is 1.85 bits per heavy atom. The number of rotatable bonds is 4. The van der Waals surface area contributed by atoms with Gasteiger partial charge in [-0.3, -0.25) is 0 Å². The predicted octanol–water partition coefficient (Wildman–Crippen LogP) is 2.95. The van der Waals surface area contributed by atoms with Crippen molar-refractivity contribution in [2.75, 3.05) is 23.7 Å². The summed E-state index contributed by atoms with van der Waals surface area (Å²) in [5, 5.41) is 3.77. The maximum absolute atomic E-state index is 13.5. The average Bonchev–Trinajstić information content (AvgIpc) is 3.29. The van der Waals surface area contributed by atoms with Crippen molar-refractivity contribution in [1.29, 1.82) is 0 Å². The van der Waals surface area contributed by atoms with Crippen molar-refractivity contribution in [3.05, 3.63) is 30.1 Å². The molecule has 5 heterocycles. The van der Waals surface area contributed by atoms with Crippen LogP contribution in [0.15, 0.2) is 29.6 Å². The SMILES string of the molecule is CCS(=O)(=O)c1nn2c(N3CC(F)(F)C3)ccnc2c1-c1nc2cc(C(F)(F)F)cnc2n1C. The molecular weight excluding hydrogens is 485 g/mol. The topological polar surface area (TPSA) is 98.3 Å². The number of anilines is 1. The average molecular weight is 501 g/mol. The molecule has 1 saturated heterocycles. The highest BCUT2D eigenvalue weighted by molar-refractivity contribution is 7.91. The lowest BCUT2D eigenvalue weighted by Crippen LogP contribution is -2.57. The molecule has 0 spiro atoms. The maximum atomic E-state index is 13.5. The summed E-state index contributed by atoms with van der Waals surface area (Å²) in [6.45, 7) is 0.251. The van der Waals surface area contributed by atoms with Crippen molar-refractivity contribution < 1.29 is 30.4 Å². The van der Waals surface area contributed by atoms with Gasteiger partial charge in [-0.1, -0.05) is 6.92 Å². The summed E-state index contributed by atoms with van der Waals surface area (Å²) in [4.78, 5) is 13.6. The number of hydrogen-bond donors (Lipinski definition) is 0. The fourth-order valence-corrected chi connectivity index (χ4v) is 4.81. The quantitative estimate of drug-likeness (QED) is 0.397. The van der Waals surface area contributed by atoms with E-state index >= 15 is 0 Å². The number of sulfone groups is 1. The molecule has 0 atom stereocenters. The molecule has 5 rings (SSSR count). The second kappa shape index (κ2) is 7.07. The Morgan fingerprint density at radius 1 is 1.15 bits per heavy atom. The zero-order valence-electron chi connectivity index (χ0n) is 17.7. The highest BCUT2D eigenvalue weighted by Crippen LogP contribution is 2.37. The van der Waals surface area contributed by atoms with Gasteiger partial charge in [-0.25, -0.2) is 32.2 Å². The highest BCUT2D eigenvalue weighted by Gasteiger charge is 2.45. The van der Waals surface area contributed by atoms with Crippen molar-refractivity contribution >= 4 is 32.5 Å². The van der Waals surface area contributed by atoms with E-state index in [1.54, 1.807) is 0 Å². The lowest BCUT2D eigenvalue weighted by Gasteiger charge is -2.40. The van der Waals surface area contributed by atoms with Crippen LogP contribution < -0.4 is 4.90 Å². The van der Waals surface area contributed by atoms with Crippen LogP contribution in [0.2, 0.25) is 0 Å². The van der Waals surface area contributed by atoms with Gasteiger partial charge in [-0.2, -0.15) is 22.8 Å². The van der Waals surface area contributed by atoms with E-state index in [9.17, 15) is 30.4 Å². The molecule has 0 radical (unpaired) electrons. The molecule has 0 amide bonds. The number of halogens is 5. The third-order valence-electron chi connectivity index (χ3n) is 5.57. The van der Waals surface area contributed by atoms with E-state index in [-0.39, 0.29) is 39.8 Å². The summed E-state index contributed by atoms with van der Waals surface area (Å²) in [6.07, 6.45) is -2.67. The molecule has 0 unspecified atom stereocenters. The summed E-state index contributed by atoms with van der Waals surface area (Å²) >= 11 is 0. The first-order chi connectivity index (χ1) is 15.8. The van der Waals surface area contributed by atoms with Crippen LogP contribution in [0.1, 0.15) is 12.5 Å². The molecule has 180 valence electrons. The molecule has 1 aliphatic rings. The summed E-state index contributed by atoms with van der Waals surface area (Å²) in [6, 6.07) is 2.24. The van der Waals surface area contributed by atoms with Crippen LogP contribution in [0.3, 0.4) is 0 Å². The van der Waals surface area contributed by atoms with Crippen molar-refractivity contribution in [2.45, 2.75) is 24.0 Å². The first-order valence-corrected chi connectivity index (χ1v) is 11.6. The van der Waals surface area contributed by atoms with Crippen molar-refractivity contribution in [2.24, 2.45) is 7.05 Å². The minimum absolute atomic E-state index is 0.00851. The molecule has 1 aliphatic heterocycles. The molecule has 15 heteroatoms. The molecule has 34 heavy (non-hydrogen) atoms. The first-order valence-electron chi connectivity index (χ1n) is 9.96. The number of pyridine rings is 1. The van der Waals surface area contributed by atoms with Crippen LogP contribution >= 0.6 is 0 Å². The van der Waals surface area contributed by atoms with Crippen LogP contribution in [-0.2, 0) is 23.1 Å². The number of fused-ring (bicyclic) bond motifs is 2. The third-order valence-corrected chi connectivity index (χ3v) is 7.20. The maximum Gasteiger partial charge on any atom is 0.417 e. The standard InChI is InChI=1S/C19H16F5N7O2S/c1-3-34(32,33)17-13(15-25-5-4-12(31(15)28-17)30-8-18(20,21)9-30)16-27-11-6-10(19(22,23)24)7-26-14(11)29(16)2/h4-7H,3,8-9H2,1-2H3. The van der Waals surface area contributed by atoms with E-state index in [0.29, 0.717) is 6.20 Å². The summed E-state index contributed by atoms with van der Waals surface area (Å²) in [5.41, 5.74) is -1.07. The molecule has 4 aromatic rings. The van der Waals surface area contributed by atoms with Crippen molar-refractivity contribution in [1.82, 2.24) is 29.1 Å². The number of aromatic nitrogens is 6. The number of imidazole rings is 1. The minimum atomic E-state index is -4.64. The first kappa shape index (κ1) is 22.4. The van der Waals surface area contributed by atoms with Gasteiger partial charge in [0.05, 0.1) is 24.4 Å². The highest BCUT2D eigenvalue weighted by atomic mass is 32.2. The fourth-order valence-electron chi connectivity index (χ4n) is 3.83. The van der Waals surface area contributed by atoms with Gasteiger partial charge in [0.25, 0.3) is 5.92 Å². The van der Waals surface area contributed by atoms with Gasteiger partial charge >= 0.3 is 6.18 Å². The molecule has 0 aromatic carbocycles. The fraction of sp³-hybridized carbons (Fsp3) is 0.368. The van der Waals surface area contributed by atoms with Gasteiger partial charge in [0.2, 0.25) is 0 Å². The predicted molar refractivity (Wildman–Crippen MR) is 110 cm³/mol. The second-order valence-corrected chi connectivity index (χ2v) is 10.1. The third kappa shape index (κ3) is 3.36. The van der Waals surface area contributed by atoms with E-state index < -0.39 is 45.6 Å². The zero-order valence-corrected chi connectivity index (χ0v) is 18.5. The van der Waals surface area contributed by atoms with Crippen LogP contribution in [0.4, 0.5) is 27.8 Å². The minimum Gasteiger partial charge on any atom is -0.344 e. The Hall–Kier alpha value is -3.36. The van der Waals surface area contributed by atoms with Gasteiger partial charge in [-0.15, -0.1) is 0 Å². The Morgan fingerprint density at radius 3 is 2.47 bits per heavy atom. The van der Waals surface area contributed by atoms with Crippen LogP contribution in [0.25, 0.3) is 28.2 Å². The molecule has 0 aliphatic carbocycles. The molecule has 9 nitrogen and oxygen atoms in total. The van der Waals surface area contributed by atoms with Gasteiger partial charge in [0.1, 0.15) is 22.7 Å². The summed E-state index contributed by atoms with van der Waals surface area (Å²) in [7, 11) is -2.50. The normalized spacial score (nSPS) is 16.4. The van der Waals surface area contributed by atoms with E-state index in [2.05, 4.69) is 20.1 Å². The van der Waals surface area contributed by atoms with E-state index in [1.165, 1.54) is 35.7 Å². The van der Waals surface area contributed by atoms with E-state index in [1.807, 2.05) is 0 Å². The van der Waals surface area contributed by atoms with E-state index in [4.69, 9.17) is 0 Å². The summed E-state index contributed by atoms with van der Waals surface area (Å²) < 4.78 is 94.7. The lowest BCUT2D eigenvalue weighted by atomic mass is 10.1. The van der Waals surface area contributed by atoms with Gasteiger partial charge in [-0.05, 0) is 12.1 Å². The number of hydrogen-bond acceptors (Lipinski definition) is 7. The van der Waals surface area contributed by atoms with Crippen molar-refractivity contribution in [3.63, 3.8) is 0 Å². The monoisotopic (exact) mass is 501 g/mol. The lowest BCUT2D eigenvalue weighted by molar-refractivity contribution is -0.137. The summed E-state index contributed by atoms with van der Waals surface area (Å²) in [5.74, 6) is -3.04. The Balaban J connectivity index is 1.78. The van der Waals surface area contributed by atoms with Gasteiger partial charge in [0.15, 0.2) is 26.2 Å². The van der Waals surface area contributed by atoms with Crippen LogP contribution in [0.5, 0.6) is 0 Å². The van der Waals surface area contributed by atoms with Crippen molar-refractivity contribution in [3.8, 4) is 11.4 Å². The van der Waals surface area contributed by atoms with Gasteiger partial charge < -0.3 is 9.47 Å². The number of aryl methyl sites for hydroxylation is 1. The molecule has 1 fully saturated rings. The molecule has 0 saturated carbocycles. The second-order valence-electron chi connectivity index (χ2n) is 7.89. The van der Waals surface area contributed by atoms with E-state index in [0.717, 1.165) is 10.6 Å². The molecule has 4 aromatic heterocycles. The Kier molecular flexibility index (Phi) is 4.66. The molecule has 0 bridgehead atoms. The van der Waals surface area contributed by atoms with Gasteiger partial charge in [0, 0.05) is 19.4 Å². The molecular formula is C19H16F5N7O2S. The largest absolute Gasteiger partial charge is 0.417 e. The Labute approximate surface area is 188 Å². The van der Waals surface area contributed by atoms with Crippen LogP contribution in [-0.4, -0.2) is 62.3 Å². The zero-order chi connectivity index (χ0) is 24.6. The van der Waals surface area contributed by atoms with Crippen LogP contribution in [0, 0.1) is 0 Å². The number of nitrogens with zero attached hydrogens (tertiary/aromatic N) is 7. The smallest absolute Gasteiger partial charge is 0.344 e. The molecule has 0 N–H and O–H groups in total. The Bertz CT molecular complexity index is 1550. The number of alkyl halides is 5.